The van der Waals surface area contributed by atoms with E-state index in [0.29, 0.717) is 80.1 Å². The number of nitrogens with one attached hydrogen (secondary N) is 2. The van der Waals surface area contributed by atoms with Crippen molar-refractivity contribution in [3.05, 3.63) is 100.0 Å². The van der Waals surface area contributed by atoms with Gasteiger partial charge in [0.15, 0.2) is 23.0 Å². The molecule has 2 bridgehead atoms. The van der Waals surface area contributed by atoms with Gasteiger partial charge in [0.25, 0.3) is 21.5 Å². The van der Waals surface area contributed by atoms with E-state index >= 15 is 0 Å². The van der Waals surface area contributed by atoms with Gasteiger partial charge in [-0.1, -0.05) is 12.1 Å². The van der Waals surface area contributed by atoms with Gasteiger partial charge in [-0.2, -0.15) is 0 Å². The van der Waals surface area contributed by atoms with Crippen LogP contribution in [0.4, 0.5) is 11.4 Å². The Balaban J connectivity index is 1.16. The number of hydrogen-bond donors (Lipinski definition) is 2. The summed E-state index contributed by atoms with van der Waals surface area (Å²) in [5, 5.41) is 2.95. The average Bonchev–Trinajstić information content (AvgIpc) is 3.11. The Morgan fingerprint density at radius 3 is 2.53 bits per heavy atom. The summed E-state index contributed by atoms with van der Waals surface area (Å²) in [6.45, 7) is 2.89. The molecule has 1 saturated heterocycles. The molecule has 1 amide bonds. The van der Waals surface area contributed by atoms with Gasteiger partial charge < -0.3 is 33.7 Å². The Hall–Kier alpha value is -5.17. The van der Waals surface area contributed by atoms with Crippen LogP contribution in [-0.2, 0) is 23.0 Å². The molecule has 12 nitrogen and oxygen atoms in total. The minimum atomic E-state index is -4.10. The highest BCUT2D eigenvalue weighted by Gasteiger charge is 2.36. The molecule has 0 radical (unpaired) electrons. The Labute approximate surface area is 284 Å². The molecule has 0 spiro atoms. The Kier molecular flexibility index (Phi) is 8.84. The number of ether oxygens (including phenoxy) is 4. The van der Waals surface area contributed by atoms with Crippen molar-refractivity contribution >= 4 is 27.3 Å². The van der Waals surface area contributed by atoms with E-state index in [1.165, 1.54) is 12.1 Å². The number of fused-ring (bicyclic) bond motifs is 5. The first-order valence-corrected chi connectivity index (χ1v) is 17.7. The zero-order valence-electron chi connectivity index (χ0n) is 27.3. The van der Waals surface area contributed by atoms with Crippen LogP contribution >= 0.6 is 0 Å². The Morgan fingerprint density at radius 2 is 1.71 bits per heavy atom. The fourth-order valence-corrected chi connectivity index (χ4v) is 8.06. The number of aromatic nitrogens is 1. The summed E-state index contributed by atoms with van der Waals surface area (Å²) in [5.74, 6) is 2.03. The fourth-order valence-electron chi connectivity index (χ4n) is 6.98. The number of anilines is 2. The lowest BCUT2D eigenvalue weighted by Crippen LogP contribution is -2.47. The van der Waals surface area contributed by atoms with Crippen LogP contribution in [0.3, 0.4) is 0 Å². The summed E-state index contributed by atoms with van der Waals surface area (Å²) >= 11 is 0. The van der Waals surface area contributed by atoms with Crippen molar-refractivity contribution in [3.63, 3.8) is 0 Å². The van der Waals surface area contributed by atoms with Gasteiger partial charge in [0.05, 0.1) is 30.5 Å². The molecule has 256 valence electrons. The van der Waals surface area contributed by atoms with Crippen LogP contribution in [0.25, 0.3) is 0 Å². The predicted molar refractivity (Wildman–Crippen MR) is 184 cm³/mol. The maximum Gasteiger partial charge on any atom is 0.262 e. The lowest BCUT2D eigenvalue weighted by molar-refractivity contribution is 0.0954. The fraction of sp³-hybridized carbons (Fsp3) is 0.333. The van der Waals surface area contributed by atoms with E-state index in [0.717, 1.165) is 17.7 Å². The third-order valence-electron chi connectivity index (χ3n) is 9.29. The number of hydrogen-bond acceptors (Lipinski definition) is 9. The molecule has 1 fully saturated rings. The van der Waals surface area contributed by atoms with Crippen molar-refractivity contribution in [1.29, 1.82) is 0 Å². The van der Waals surface area contributed by atoms with Gasteiger partial charge in [-0.25, -0.2) is 8.42 Å². The largest absolute Gasteiger partial charge is 0.493 e. The molecule has 2 atom stereocenters. The smallest absolute Gasteiger partial charge is 0.262 e. The van der Waals surface area contributed by atoms with Crippen molar-refractivity contribution in [2.75, 3.05) is 56.7 Å². The number of benzene rings is 3. The Morgan fingerprint density at radius 1 is 0.898 bits per heavy atom. The topological polar surface area (TPSA) is 137 Å². The molecular weight excluding hydrogens is 648 g/mol. The van der Waals surface area contributed by atoms with Gasteiger partial charge in [-0.15, -0.1) is 0 Å². The highest BCUT2D eigenvalue weighted by molar-refractivity contribution is 7.92. The summed E-state index contributed by atoms with van der Waals surface area (Å²) < 4.78 is 54.2. The Bertz CT molecular complexity index is 2060. The van der Waals surface area contributed by atoms with Gasteiger partial charge in [-0.05, 0) is 72.9 Å². The second-order valence-corrected chi connectivity index (χ2v) is 14.1. The second kappa shape index (κ2) is 13.4. The molecule has 13 heteroatoms. The van der Waals surface area contributed by atoms with Gasteiger partial charge in [0.2, 0.25) is 0 Å². The third kappa shape index (κ3) is 6.62. The molecule has 3 aliphatic heterocycles. The molecule has 49 heavy (non-hydrogen) atoms. The van der Waals surface area contributed by atoms with Crippen molar-refractivity contribution in [2.24, 2.45) is 5.92 Å². The van der Waals surface area contributed by atoms with E-state index in [2.05, 4.69) is 14.9 Å². The van der Waals surface area contributed by atoms with E-state index in [9.17, 15) is 18.0 Å². The number of carbonyl (C=O) groups excluding carboxylic acids is 1. The van der Waals surface area contributed by atoms with E-state index in [-0.39, 0.29) is 33.9 Å². The molecule has 0 saturated carbocycles. The number of nitrogens with zero attached hydrogens (tertiary/aromatic N) is 2. The predicted octanol–water partition coefficient (Wildman–Crippen LogP) is 4.03. The number of sulfonamides is 1. The summed E-state index contributed by atoms with van der Waals surface area (Å²) in [7, 11) is -0.952. The summed E-state index contributed by atoms with van der Waals surface area (Å²) in [5.41, 5.74) is 3.19. The van der Waals surface area contributed by atoms with Crippen molar-refractivity contribution in [2.45, 2.75) is 30.2 Å². The highest BCUT2D eigenvalue weighted by Crippen LogP contribution is 2.40. The molecule has 3 aromatic carbocycles. The van der Waals surface area contributed by atoms with E-state index in [1.54, 1.807) is 50.6 Å². The van der Waals surface area contributed by atoms with E-state index < -0.39 is 10.0 Å². The van der Waals surface area contributed by atoms with E-state index in [4.69, 9.17) is 18.9 Å². The van der Waals surface area contributed by atoms with Crippen molar-refractivity contribution < 1.29 is 32.2 Å². The first-order chi connectivity index (χ1) is 23.7. The molecular formula is C36H38N4O8S. The van der Waals surface area contributed by atoms with Crippen LogP contribution in [0.1, 0.15) is 34.0 Å². The van der Waals surface area contributed by atoms with Crippen LogP contribution in [0.5, 0.6) is 23.0 Å². The zero-order valence-corrected chi connectivity index (χ0v) is 28.1. The van der Waals surface area contributed by atoms with Gasteiger partial charge in [-0.3, -0.25) is 14.3 Å². The summed E-state index contributed by atoms with van der Waals surface area (Å²) in [6.07, 6.45) is 1.49. The van der Waals surface area contributed by atoms with Crippen LogP contribution in [0.2, 0.25) is 0 Å². The van der Waals surface area contributed by atoms with Crippen LogP contribution in [-0.4, -0.2) is 66.0 Å². The van der Waals surface area contributed by atoms with Crippen LogP contribution < -0.4 is 39.4 Å². The molecule has 2 N–H and O–H groups in total. The molecule has 1 aromatic heterocycles. The third-order valence-corrected chi connectivity index (χ3v) is 10.7. The van der Waals surface area contributed by atoms with Gasteiger partial charge in [0.1, 0.15) is 13.2 Å². The molecule has 7 rings (SSSR count). The molecule has 4 heterocycles. The number of carbonyl (C=O) groups is 1. The number of rotatable bonds is 10. The van der Waals surface area contributed by atoms with E-state index in [1.807, 2.05) is 28.8 Å². The van der Waals surface area contributed by atoms with Crippen molar-refractivity contribution in [1.82, 2.24) is 9.88 Å². The highest BCUT2D eigenvalue weighted by atomic mass is 32.2. The lowest BCUT2D eigenvalue weighted by Gasteiger charge is -2.44. The molecule has 0 unspecified atom stereocenters. The maximum atomic E-state index is 13.8. The van der Waals surface area contributed by atoms with Gasteiger partial charge >= 0.3 is 0 Å². The first kappa shape index (κ1) is 32.4. The number of pyridine rings is 1. The molecule has 4 aromatic rings. The standard InChI is InChI=1S/C36H38N4O8S/c1-45-31-10-6-23(17-33(31)46-2)12-13-37-36(42)25-7-9-30(39-20-24-16-26(22-39)29-4-3-5-35(41)40(29)21-24)28(18-25)38-49(43,44)27-8-11-32-34(19-27)48-15-14-47-32/h3-11,17-19,24,26,38H,12-16,20-22H2,1-2H3,(H,37,42)/t24-,26+/m1/s1. The minimum Gasteiger partial charge on any atom is -0.493 e. The molecule has 0 aliphatic carbocycles. The van der Waals surface area contributed by atoms with Crippen LogP contribution in [0, 0.1) is 5.92 Å². The number of methoxy groups -OCH3 is 2. The normalized spacial score (nSPS) is 17.9. The van der Waals surface area contributed by atoms with Crippen LogP contribution in [0.15, 0.2) is 82.5 Å². The quantitative estimate of drug-likeness (QED) is 0.253. The number of piperidine rings is 1. The minimum absolute atomic E-state index is 0.00461. The average molecular weight is 687 g/mol. The summed E-state index contributed by atoms with van der Waals surface area (Å²) in [6, 6.07) is 20.6. The maximum absolute atomic E-state index is 13.8. The second-order valence-electron chi connectivity index (χ2n) is 12.4. The summed E-state index contributed by atoms with van der Waals surface area (Å²) in [4.78, 5) is 28.2. The first-order valence-electron chi connectivity index (χ1n) is 16.2. The lowest BCUT2D eigenvalue weighted by atomic mass is 9.83. The monoisotopic (exact) mass is 686 g/mol. The zero-order chi connectivity index (χ0) is 34.1. The molecule has 3 aliphatic rings. The van der Waals surface area contributed by atoms with Gasteiger partial charge in [0, 0.05) is 55.5 Å². The SMILES string of the molecule is COc1ccc(CCNC(=O)c2ccc(N3C[C@H]4C[C@@H](C3)c3cccc(=O)n3C4)c(NS(=O)(=O)c3ccc4c(c3)OCCO4)c2)cc1OC. The number of amides is 1. The van der Waals surface area contributed by atoms with Crippen molar-refractivity contribution in [3.8, 4) is 23.0 Å².